The Labute approximate surface area is 153 Å². The van der Waals surface area contributed by atoms with E-state index in [1.165, 1.54) is 16.3 Å². The number of nitrogens with one attached hydrogen (secondary N) is 1. The second-order valence-electron chi connectivity index (χ2n) is 6.56. The number of aromatic amines is 1. The van der Waals surface area contributed by atoms with Crippen molar-refractivity contribution in [2.24, 2.45) is 0 Å². The molecule has 3 aromatic rings. The number of nitrogens with zero attached hydrogens (tertiary/aromatic N) is 3. The predicted octanol–water partition coefficient (Wildman–Crippen LogP) is 3.14. The van der Waals surface area contributed by atoms with Gasteiger partial charge in [0.25, 0.3) is 5.56 Å². The Bertz CT molecular complexity index is 991. The van der Waals surface area contributed by atoms with Gasteiger partial charge in [-0.25, -0.2) is 9.67 Å². The second kappa shape index (κ2) is 6.70. The molecule has 0 saturated heterocycles. The fourth-order valence-electron chi connectivity index (χ4n) is 3.30. The van der Waals surface area contributed by atoms with E-state index in [4.69, 9.17) is 0 Å². The Hall–Kier alpha value is -2.87. The molecular weight excluding hydrogens is 357 g/mol. The number of halogens is 3. The minimum atomic E-state index is -4.45. The molecule has 0 saturated carbocycles. The van der Waals surface area contributed by atoms with Crippen molar-refractivity contribution in [3.05, 3.63) is 81.4 Å². The Kier molecular flexibility index (Phi) is 4.35. The van der Waals surface area contributed by atoms with Crippen molar-refractivity contribution in [3.63, 3.8) is 0 Å². The third-order valence-electron chi connectivity index (χ3n) is 4.69. The minimum Gasteiger partial charge on any atom is -0.293 e. The van der Waals surface area contributed by atoms with Crippen molar-refractivity contribution in [1.29, 1.82) is 0 Å². The lowest BCUT2D eigenvalue weighted by Crippen LogP contribution is -2.31. The molecule has 27 heavy (non-hydrogen) atoms. The molecule has 1 aliphatic heterocycles. The minimum absolute atomic E-state index is 0.150. The van der Waals surface area contributed by atoms with Gasteiger partial charge in [0.05, 0.1) is 11.3 Å². The lowest BCUT2D eigenvalue weighted by molar-refractivity contribution is -0.137. The summed E-state index contributed by atoms with van der Waals surface area (Å²) in [5.74, 6) is 0.150. The summed E-state index contributed by atoms with van der Waals surface area (Å²) in [6, 6.07) is 12.2. The van der Waals surface area contributed by atoms with Gasteiger partial charge in [-0.05, 0) is 24.1 Å². The highest BCUT2D eigenvalue weighted by Gasteiger charge is 2.31. The first-order valence-electron chi connectivity index (χ1n) is 8.54. The number of benzene rings is 1. The first-order chi connectivity index (χ1) is 12.9. The molecule has 4 rings (SSSR count). The first-order valence-corrected chi connectivity index (χ1v) is 8.54. The molecule has 3 heterocycles. The average Bonchev–Trinajstić information content (AvgIpc) is 2.98. The van der Waals surface area contributed by atoms with Crippen molar-refractivity contribution < 1.29 is 13.2 Å². The largest absolute Gasteiger partial charge is 0.417 e. The molecule has 0 spiro atoms. The molecule has 0 bridgehead atoms. The molecule has 2 aromatic heterocycles. The predicted molar refractivity (Wildman–Crippen MR) is 93.4 cm³/mol. The number of pyridine rings is 1. The lowest BCUT2D eigenvalue weighted by atomic mass is 10.1. The van der Waals surface area contributed by atoms with E-state index in [1.54, 1.807) is 0 Å². The van der Waals surface area contributed by atoms with Gasteiger partial charge in [-0.2, -0.15) is 13.2 Å². The monoisotopic (exact) mass is 374 g/mol. The van der Waals surface area contributed by atoms with Crippen LogP contribution in [0.4, 0.5) is 13.2 Å². The van der Waals surface area contributed by atoms with Crippen LogP contribution in [0.15, 0.2) is 53.5 Å². The molecule has 0 amide bonds. The number of hydrogen-bond acceptors (Lipinski definition) is 3. The van der Waals surface area contributed by atoms with Crippen LogP contribution < -0.4 is 5.56 Å². The maximum Gasteiger partial charge on any atom is 0.417 e. The van der Waals surface area contributed by atoms with E-state index in [1.807, 2.05) is 18.2 Å². The topological polar surface area (TPSA) is 53.9 Å². The second-order valence-corrected chi connectivity index (χ2v) is 6.56. The van der Waals surface area contributed by atoms with Crippen LogP contribution in [-0.4, -0.2) is 26.2 Å². The van der Waals surface area contributed by atoms with Crippen molar-refractivity contribution >= 4 is 0 Å². The van der Waals surface area contributed by atoms with Crippen molar-refractivity contribution in [1.82, 2.24) is 19.7 Å². The summed E-state index contributed by atoms with van der Waals surface area (Å²) in [4.78, 5) is 18.6. The zero-order valence-corrected chi connectivity index (χ0v) is 14.3. The number of rotatable bonds is 3. The fraction of sp³-hybridized carbons (Fsp3) is 0.263. The number of hydrogen-bond donors (Lipinski definition) is 1. The van der Waals surface area contributed by atoms with Crippen LogP contribution in [0.5, 0.6) is 0 Å². The molecule has 0 atom stereocenters. The number of H-pyrrole nitrogens is 1. The van der Waals surface area contributed by atoms with Gasteiger partial charge in [-0.1, -0.05) is 30.3 Å². The van der Waals surface area contributed by atoms with Gasteiger partial charge in [-0.15, -0.1) is 0 Å². The van der Waals surface area contributed by atoms with Crippen molar-refractivity contribution in [3.8, 4) is 5.82 Å². The van der Waals surface area contributed by atoms with Gasteiger partial charge in [0.2, 0.25) is 0 Å². The van der Waals surface area contributed by atoms with Gasteiger partial charge >= 0.3 is 6.18 Å². The Morgan fingerprint density at radius 2 is 1.89 bits per heavy atom. The van der Waals surface area contributed by atoms with Crippen LogP contribution in [0.25, 0.3) is 5.82 Å². The molecule has 0 fully saturated rings. The van der Waals surface area contributed by atoms with Gasteiger partial charge in [0.1, 0.15) is 0 Å². The van der Waals surface area contributed by atoms with E-state index in [0.717, 1.165) is 31.0 Å². The summed E-state index contributed by atoms with van der Waals surface area (Å²) < 4.78 is 39.3. The third-order valence-corrected chi connectivity index (χ3v) is 4.69. The Balaban J connectivity index is 1.57. The summed E-state index contributed by atoms with van der Waals surface area (Å²) in [6.07, 6.45) is -3.13. The molecule has 0 unspecified atom stereocenters. The standard InChI is InChI=1S/C19H17F3N4O/c20-19(21,22)14-6-7-17(23-10-14)26-18(27)15-8-9-25(12-16(15)24-26)11-13-4-2-1-3-5-13/h1-7,10,24H,8-9,11-12H2. The Morgan fingerprint density at radius 1 is 1.11 bits per heavy atom. The van der Waals surface area contributed by atoms with E-state index in [0.29, 0.717) is 18.5 Å². The third kappa shape index (κ3) is 3.52. The van der Waals surface area contributed by atoms with E-state index < -0.39 is 11.7 Å². The van der Waals surface area contributed by atoms with E-state index in [9.17, 15) is 18.0 Å². The van der Waals surface area contributed by atoms with Crippen LogP contribution in [-0.2, 0) is 25.7 Å². The van der Waals surface area contributed by atoms with E-state index in [2.05, 4.69) is 27.1 Å². The number of fused-ring (bicyclic) bond motifs is 1. The molecule has 8 heteroatoms. The van der Waals surface area contributed by atoms with Gasteiger partial charge in [-0.3, -0.25) is 14.8 Å². The maximum absolute atomic E-state index is 12.7. The number of alkyl halides is 3. The quantitative estimate of drug-likeness (QED) is 0.766. The molecule has 140 valence electrons. The van der Waals surface area contributed by atoms with E-state index >= 15 is 0 Å². The SMILES string of the molecule is O=c1c2c([nH]n1-c1ccc(C(F)(F)F)cn1)CN(Cc1ccccc1)CC2. The van der Waals surface area contributed by atoms with Gasteiger partial charge in [0.15, 0.2) is 5.82 Å². The van der Waals surface area contributed by atoms with Crippen molar-refractivity contribution in [2.45, 2.75) is 25.7 Å². The summed E-state index contributed by atoms with van der Waals surface area (Å²) >= 11 is 0. The number of aromatic nitrogens is 3. The zero-order valence-electron chi connectivity index (χ0n) is 14.3. The highest BCUT2D eigenvalue weighted by atomic mass is 19.4. The van der Waals surface area contributed by atoms with Crippen LogP contribution in [0.2, 0.25) is 0 Å². The average molecular weight is 374 g/mol. The van der Waals surface area contributed by atoms with Crippen LogP contribution >= 0.6 is 0 Å². The first kappa shape index (κ1) is 17.5. The van der Waals surface area contributed by atoms with Crippen LogP contribution in [0, 0.1) is 0 Å². The molecule has 1 aromatic carbocycles. The lowest BCUT2D eigenvalue weighted by Gasteiger charge is -2.25. The van der Waals surface area contributed by atoms with Crippen LogP contribution in [0.1, 0.15) is 22.4 Å². The summed E-state index contributed by atoms with van der Waals surface area (Å²) in [6.45, 7) is 2.09. The zero-order chi connectivity index (χ0) is 19.0. The molecular formula is C19H17F3N4O. The van der Waals surface area contributed by atoms with Gasteiger partial charge in [0, 0.05) is 31.4 Å². The smallest absolute Gasteiger partial charge is 0.293 e. The highest BCUT2D eigenvalue weighted by Crippen LogP contribution is 2.28. The van der Waals surface area contributed by atoms with Crippen molar-refractivity contribution in [2.75, 3.05) is 6.54 Å². The molecule has 5 nitrogen and oxygen atoms in total. The fourth-order valence-corrected chi connectivity index (χ4v) is 3.30. The molecule has 1 aliphatic rings. The van der Waals surface area contributed by atoms with E-state index in [-0.39, 0.29) is 11.4 Å². The van der Waals surface area contributed by atoms with Crippen LogP contribution in [0.3, 0.4) is 0 Å². The summed E-state index contributed by atoms with van der Waals surface area (Å²) in [7, 11) is 0. The maximum atomic E-state index is 12.7. The Morgan fingerprint density at radius 3 is 2.56 bits per heavy atom. The van der Waals surface area contributed by atoms with Gasteiger partial charge < -0.3 is 0 Å². The normalized spacial score (nSPS) is 14.9. The summed E-state index contributed by atoms with van der Waals surface area (Å²) in [5, 5.41) is 3.01. The molecule has 1 N–H and O–H groups in total. The molecule has 0 aliphatic carbocycles. The summed E-state index contributed by atoms with van der Waals surface area (Å²) in [5.41, 5.74) is 1.54. The highest BCUT2D eigenvalue weighted by molar-refractivity contribution is 5.30. The molecule has 0 radical (unpaired) electrons.